The van der Waals surface area contributed by atoms with Gasteiger partial charge in [0.2, 0.25) is 0 Å². The Morgan fingerprint density at radius 1 is 1.60 bits per heavy atom. The number of nitrogens with one attached hydrogen (secondary N) is 1. The van der Waals surface area contributed by atoms with Gasteiger partial charge in [0.25, 0.3) is 0 Å². The first-order valence-corrected chi connectivity index (χ1v) is 5.21. The van der Waals surface area contributed by atoms with Crippen molar-refractivity contribution in [1.29, 1.82) is 0 Å². The molecule has 6 nitrogen and oxygen atoms in total. The zero-order chi connectivity index (χ0) is 11.1. The van der Waals surface area contributed by atoms with Crippen LogP contribution in [0.15, 0.2) is 0 Å². The van der Waals surface area contributed by atoms with Crippen LogP contribution in [0.5, 0.6) is 0 Å². The highest BCUT2D eigenvalue weighted by Gasteiger charge is 2.17. The molecule has 0 radical (unpaired) electrons. The van der Waals surface area contributed by atoms with Crippen LogP contribution in [0.25, 0.3) is 0 Å². The number of carbonyl (C=O) groups is 1. The molecular formula is C9H19N3O3. The molecule has 1 saturated heterocycles. The van der Waals surface area contributed by atoms with Crippen molar-refractivity contribution in [2.75, 3.05) is 39.4 Å². The first-order valence-electron chi connectivity index (χ1n) is 5.21. The fraction of sp³-hybridized carbons (Fsp3) is 0.889. The second-order valence-electron chi connectivity index (χ2n) is 3.69. The van der Waals surface area contributed by atoms with E-state index in [1.165, 1.54) is 0 Å². The predicted octanol–water partition coefficient (Wildman–Crippen LogP) is -0.696. The summed E-state index contributed by atoms with van der Waals surface area (Å²) >= 11 is 0. The van der Waals surface area contributed by atoms with Gasteiger partial charge in [0, 0.05) is 25.7 Å². The lowest BCUT2D eigenvalue weighted by molar-refractivity contribution is 0.111. The molecule has 0 aromatic heterocycles. The molecule has 1 fully saturated rings. The number of nitrogens with zero attached hydrogens (tertiary/aromatic N) is 1. The van der Waals surface area contributed by atoms with Crippen molar-refractivity contribution in [3.05, 3.63) is 0 Å². The van der Waals surface area contributed by atoms with E-state index in [0.717, 1.165) is 26.1 Å². The number of rotatable bonds is 6. The van der Waals surface area contributed by atoms with Crippen LogP contribution >= 0.6 is 0 Å². The van der Waals surface area contributed by atoms with E-state index in [0.29, 0.717) is 25.8 Å². The van der Waals surface area contributed by atoms with Crippen molar-refractivity contribution in [1.82, 2.24) is 10.2 Å². The van der Waals surface area contributed by atoms with E-state index in [9.17, 15) is 4.79 Å². The van der Waals surface area contributed by atoms with Crippen molar-refractivity contribution in [3.8, 4) is 0 Å². The molecule has 1 amide bonds. The average Bonchev–Trinajstić information content (AvgIpc) is 2.57. The summed E-state index contributed by atoms with van der Waals surface area (Å²) in [5.41, 5.74) is 5.75. The summed E-state index contributed by atoms with van der Waals surface area (Å²) in [7, 11) is 0. The lowest BCUT2D eigenvalue weighted by atomic mass is 10.3. The summed E-state index contributed by atoms with van der Waals surface area (Å²) < 4.78 is 5.27. The molecule has 1 aliphatic rings. The summed E-state index contributed by atoms with van der Waals surface area (Å²) in [5.74, 6) is 0. The zero-order valence-electron chi connectivity index (χ0n) is 8.82. The standard InChI is InChI=1S/C9H19N3O3/c10-8-1-3-12(7-8)4-6-15-5-2-11-9(13)14/h8,11H,1-7,10H2,(H,13,14). The SMILES string of the molecule is NC1CCN(CCOCCNC(=O)O)C1. The molecule has 1 heterocycles. The van der Waals surface area contributed by atoms with E-state index in [4.69, 9.17) is 15.6 Å². The molecule has 1 atom stereocenters. The van der Waals surface area contributed by atoms with Gasteiger partial charge in [0.15, 0.2) is 0 Å². The molecule has 1 unspecified atom stereocenters. The van der Waals surface area contributed by atoms with Crippen LogP contribution < -0.4 is 11.1 Å². The van der Waals surface area contributed by atoms with Crippen molar-refractivity contribution >= 4 is 6.09 Å². The van der Waals surface area contributed by atoms with E-state index in [1.54, 1.807) is 0 Å². The van der Waals surface area contributed by atoms with Gasteiger partial charge in [-0.15, -0.1) is 0 Å². The Kier molecular flexibility index (Phi) is 5.38. The number of carboxylic acid groups (broad SMARTS) is 1. The lowest BCUT2D eigenvalue weighted by Crippen LogP contribution is -2.30. The molecule has 0 aliphatic carbocycles. The lowest BCUT2D eigenvalue weighted by Gasteiger charge is -2.14. The van der Waals surface area contributed by atoms with Crippen molar-refractivity contribution < 1.29 is 14.6 Å². The smallest absolute Gasteiger partial charge is 0.404 e. The normalized spacial score (nSPS) is 21.8. The molecule has 88 valence electrons. The van der Waals surface area contributed by atoms with Gasteiger partial charge < -0.3 is 20.9 Å². The van der Waals surface area contributed by atoms with E-state index in [2.05, 4.69) is 10.2 Å². The van der Waals surface area contributed by atoms with Gasteiger partial charge in [-0.1, -0.05) is 0 Å². The molecule has 0 spiro atoms. The maximum absolute atomic E-state index is 10.1. The number of hydrogen-bond donors (Lipinski definition) is 3. The largest absolute Gasteiger partial charge is 0.465 e. The Bertz CT molecular complexity index is 201. The van der Waals surface area contributed by atoms with Crippen LogP contribution in [0.4, 0.5) is 4.79 Å². The maximum Gasteiger partial charge on any atom is 0.404 e. The van der Waals surface area contributed by atoms with E-state index in [-0.39, 0.29) is 0 Å². The minimum Gasteiger partial charge on any atom is -0.465 e. The average molecular weight is 217 g/mol. The third kappa shape index (κ3) is 5.56. The van der Waals surface area contributed by atoms with Gasteiger partial charge in [0.1, 0.15) is 0 Å². The van der Waals surface area contributed by atoms with Gasteiger partial charge in [-0.2, -0.15) is 0 Å². The Morgan fingerprint density at radius 2 is 2.40 bits per heavy atom. The van der Waals surface area contributed by atoms with Gasteiger partial charge in [-0.3, -0.25) is 4.90 Å². The zero-order valence-corrected chi connectivity index (χ0v) is 8.82. The fourth-order valence-corrected chi connectivity index (χ4v) is 1.59. The summed E-state index contributed by atoms with van der Waals surface area (Å²) in [6.45, 7) is 4.25. The van der Waals surface area contributed by atoms with E-state index < -0.39 is 6.09 Å². The number of nitrogens with two attached hydrogens (primary N) is 1. The quantitative estimate of drug-likeness (QED) is 0.512. The Balaban J connectivity index is 1.87. The molecule has 0 aromatic carbocycles. The van der Waals surface area contributed by atoms with Gasteiger partial charge >= 0.3 is 6.09 Å². The third-order valence-corrected chi connectivity index (χ3v) is 2.38. The van der Waals surface area contributed by atoms with Crippen LogP contribution in [0.3, 0.4) is 0 Å². The summed E-state index contributed by atoms with van der Waals surface area (Å²) in [4.78, 5) is 12.3. The highest BCUT2D eigenvalue weighted by Crippen LogP contribution is 2.05. The van der Waals surface area contributed by atoms with Gasteiger partial charge in [-0.25, -0.2) is 4.79 Å². The first-order chi connectivity index (χ1) is 7.18. The Labute approximate surface area is 89.4 Å². The highest BCUT2D eigenvalue weighted by molar-refractivity contribution is 5.64. The van der Waals surface area contributed by atoms with Crippen molar-refractivity contribution in [2.45, 2.75) is 12.5 Å². The Hall–Kier alpha value is -0.850. The monoisotopic (exact) mass is 217 g/mol. The van der Waals surface area contributed by atoms with E-state index in [1.807, 2.05) is 0 Å². The molecule has 1 rings (SSSR count). The molecule has 15 heavy (non-hydrogen) atoms. The summed E-state index contributed by atoms with van der Waals surface area (Å²) in [6, 6.07) is 0.304. The van der Waals surface area contributed by atoms with Crippen LogP contribution in [-0.2, 0) is 4.74 Å². The fourth-order valence-electron chi connectivity index (χ4n) is 1.59. The minimum absolute atomic E-state index is 0.304. The van der Waals surface area contributed by atoms with Crippen LogP contribution in [0, 0.1) is 0 Å². The second kappa shape index (κ2) is 6.60. The number of ether oxygens (including phenoxy) is 1. The van der Waals surface area contributed by atoms with E-state index >= 15 is 0 Å². The number of hydrogen-bond acceptors (Lipinski definition) is 4. The molecule has 4 N–H and O–H groups in total. The molecular weight excluding hydrogens is 198 g/mol. The molecule has 1 aliphatic heterocycles. The third-order valence-electron chi connectivity index (χ3n) is 2.38. The van der Waals surface area contributed by atoms with Crippen LogP contribution in [0.2, 0.25) is 0 Å². The number of likely N-dealkylation sites (tertiary alicyclic amines) is 1. The van der Waals surface area contributed by atoms with Crippen LogP contribution in [0.1, 0.15) is 6.42 Å². The second-order valence-corrected chi connectivity index (χ2v) is 3.69. The Morgan fingerprint density at radius 3 is 3.00 bits per heavy atom. The molecule has 0 saturated carbocycles. The predicted molar refractivity (Wildman–Crippen MR) is 55.9 cm³/mol. The summed E-state index contributed by atoms with van der Waals surface area (Å²) in [6.07, 6.45) is 0.0460. The maximum atomic E-state index is 10.1. The highest BCUT2D eigenvalue weighted by atomic mass is 16.5. The van der Waals surface area contributed by atoms with Crippen molar-refractivity contribution in [2.24, 2.45) is 5.73 Å². The first kappa shape index (κ1) is 12.2. The topological polar surface area (TPSA) is 87.8 Å². The van der Waals surface area contributed by atoms with Crippen molar-refractivity contribution in [3.63, 3.8) is 0 Å². The number of amides is 1. The molecule has 0 aromatic rings. The molecule has 6 heteroatoms. The summed E-state index contributed by atoms with van der Waals surface area (Å²) in [5, 5.41) is 10.5. The van der Waals surface area contributed by atoms with Gasteiger partial charge in [-0.05, 0) is 13.0 Å². The van der Waals surface area contributed by atoms with Gasteiger partial charge in [0.05, 0.1) is 13.2 Å². The molecule has 0 bridgehead atoms. The van der Waals surface area contributed by atoms with Crippen LogP contribution in [-0.4, -0.2) is 61.5 Å². The minimum atomic E-state index is -1.01.